The van der Waals surface area contributed by atoms with Crippen LogP contribution in [0, 0.1) is 0 Å². The number of aryl methyl sites for hydroxylation is 2. The van der Waals surface area contributed by atoms with E-state index in [-0.39, 0.29) is 0 Å². The predicted molar refractivity (Wildman–Crippen MR) is 113 cm³/mol. The van der Waals surface area contributed by atoms with Crippen LogP contribution >= 0.6 is 11.6 Å². The second kappa shape index (κ2) is 8.23. The second-order valence-corrected chi connectivity index (χ2v) is 6.94. The lowest BCUT2D eigenvalue weighted by atomic mass is 10.1. The fraction of sp³-hybridized carbons (Fsp3) is 0.136. The third-order valence-corrected chi connectivity index (χ3v) is 4.83. The highest BCUT2D eigenvalue weighted by Gasteiger charge is 2.11. The molecule has 5 nitrogen and oxygen atoms in total. The maximum absolute atomic E-state index is 5.96. The lowest BCUT2D eigenvalue weighted by molar-refractivity contribution is 0.774. The highest BCUT2D eigenvalue weighted by Crippen LogP contribution is 2.21. The first-order valence-electron chi connectivity index (χ1n) is 9.09. The van der Waals surface area contributed by atoms with Crippen molar-refractivity contribution < 1.29 is 0 Å². The number of benzene rings is 2. The summed E-state index contributed by atoms with van der Waals surface area (Å²) in [5.74, 6) is 1.58. The van der Waals surface area contributed by atoms with Gasteiger partial charge >= 0.3 is 0 Å². The van der Waals surface area contributed by atoms with Gasteiger partial charge in [-0.15, -0.1) is 0 Å². The lowest BCUT2D eigenvalue weighted by Crippen LogP contribution is -2.03. The molecule has 0 atom stereocenters. The minimum absolute atomic E-state index is 0.563. The molecule has 0 saturated heterocycles. The first-order valence-corrected chi connectivity index (χ1v) is 9.47. The Morgan fingerprint density at radius 2 is 1.71 bits per heavy atom. The van der Waals surface area contributed by atoms with Crippen molar-refractivity contribution in [1.29, 1.82) is 0 Å². The van der Waals surface area contributed by atoms with Crippen molar-refractivity contribution in [2.75, 3.05) is 5.32 Å². The van der Waals surface area contributed by atoms with Crippen LogP contribution in [0.2, 0.25) is 5.02 Å². The van der Waals surface area contributed by atoms with Crippen LogP contribution in [0.1, 0.15) is 11.4 Å². The number of imidazole rings is 1. The third kappa shape index (κ3) is 4.21. The summed E-state index contributed by atoms with van der Waals surface area (Å²) in [6.45, 7) is 0. The van der Waals surface area contributed by atoms with E-state index in [0.29, 0.717) is 5.95 Å². The topological polar surface area (TPSA) is 55.6 Å². The van der Waals surface area contributed by atoms with Gasteiger partial charge in [-0.05, 0) is 42.3 Å². The fourth-order valence-electron chi connectivity index (χ4n) is 3.04. The molecule has 0 fully saturated rings. The Balaban J connectivity index is 1.50. The molecule has 4 aromatic rings. The number of hydrogen-bond donors (Lipinski definition) is 1. The van der Waals surface area contributed by atoms with Crippen LogP contribution in [-0.2, 0) is 19.9 Å². The molecule has 140 valence electrons. The largest absolute Gasteiger partial charge is 0.330 e. The molecule has 0 aliphatic heterocycles. The van der Waals surface area contributed by atoms with Crippen LogP contribution in [0.5, 0.6) is 0 Å². The lowest BCUT2D eigenvalue weighted by Gasteiger charge is -2.08. The van der Waals surface area contributed by atoms with Gasteiger partial charge in [0.15, 0.2) is 0 Å². The molecule has 0 bridgehead atoms. The number of anilines is 2. The SMILES string of the molecule is Cn1c(-c2ccnc(Nc3ccccc3)n2)cnc1CCc1ccc(Cl)cc1. The normalized spacial score (nSPS) is 10.8. The van der Waals surface area contributed by atoms with Gasteiger partial charge in [0, 0.05) is 30.4 Å². The number of hydrogen-bond acceptors (Lipinski definition) is 4. The van der Waals surface area contributed by atoms with E-state index in [0.717, 1.165) is 40.8 Å². The molecule has 0 spiro atoms. The number of aromatic nitrogens is 4. The van der Waals surface area contributed by atoms with E-state index in [9.17, 15) is 0 Å². The summed E-state index contributed by atoms with van der Waals surface area (Å²) >= 11 is 5.96. The number of para-hydroxylation sites is 1. The summed E-state index contributed by atoms with van der Waals surface area (Å²) in [7, 11) is 2.02. The first-order chi connectivity index (χ1) is 13.7. The van der Waals surface area contributed by atoms with E-state index in [4.69, 9.17) is 11.6 Å². The summed E-state index contributed by atoms with van der Waals surface area (Å²) < 4.78 is 2.09. The van der Waals surface area contributed by atoms with E-state index in [1.54, 1.807) is 6.20 Å². The van der Waals surface area contributed by atoms with Gasteiger partial charge < -0.3 is 9.88 Å². The Kier molecular flexibility index (Phi) is 5.35. The molecule has 2 aromatic carbocycles. The monoisotopic (exact) mass is 389 g/mol. The van der Waals surface area contributed by atoms with Crippen LogP contribution in [0.4, 0.5) is 11.6 Å². The quantitative estimate of drug-likeness (QED) is 0.500. The van der Waals surface area contributed by atoms with Gasteiger partial charge in [0.05, 0.1) is 17.6 Å². The van der Waals surface area contributed by atoms with Gasteiger partial charge in [-0.1, -0.05) is 41.9 Å². The summed E-state index contributed by atoms with van der Waals surface area (Å²) in [5.41, 5.74) is 3.99. The second-order valence-electron chi connectivity index (χ2n) is 6.50. The van der Waals surface area contributed by atoms with Crippen molar-refractivity contribution in [3.63, 3.8) is 0 Å². The molecule has 0 radical (unpaired) electrons. The smallest absolute Gasteiger partial charge is 0.227 e. The molecular weight excluding hydrogens is 370 g/mol. The molecule has 4 rings (SSSR count). The van der Waals surface area contributed by atoms with E-state index < -0.39 is 0 Å². The zero-order valence-corrected chi connectivity index (χ0v) is 16.3. The molecule has 28 heavy (non-hydrogen) atoms. The van der Waals surface area contributed by atoms with E-state index in [1.165, 1.54) is 5.56 Å². The van der Waals surface area contributed by atoms with Crippen LogP contribution in [-0.4, -0.2) is 19.5 Å². The molecule has 0 aliphatic carbocycles. The van der Waals surface area contributed by atoms with Crippen LogP contribution in [0.15, 0.2) is 73.1 Å². The van der Waals surface area contributed by atoms with E-state index >= 15 is 0 Å². The van der Waals surface area contributed by atoms with Crippen LogP contribution in [0.25, 0.3) is 11.4 Å². The van der Waals surface area contributed by atoms with Gasteiger partial charge in [-0.25, -0.2) is 15.0 Å². The first kappa shape index (κ1) is 18.2. The Labute approximate surface area is 169 Å². The predicted octanol–water partition coefficient (Wildman–Crippen LogP) is 5.06. The number of rotatable bonds is 6. The highest BCUT2D eigenvalue weighted by atomic mass is 35.5. The van der Waals surface area contributed by atoms with Crippen molar-refractivity contribution in [2.24, 2.45) is 7.05 Å². The van der Waals surface area contributed by atoms with Crippen LogP contribution in [0.3, 0.4) is 0 Å². The van der Waals surface area contributed by atoms with Gasteiger partial charge in [0.1, 0.15) is 5.82 Å². The Bertz CT molecular complexity index is 1060. The van der Waals surface area contributed by atoms with Crippen molar-refractivity contribution in [2.45, 2.75) is 12.8 Å². The van der Waals surface area contributed by atoms with E-state index in [2.05, 4.69) is 37.0 Å². The molecule has 0 amide bonds. The zero-order chi connectivity index (χ0) is 19.3. The maximum Gasteiger partial charge on any atom is 0.227 e. The maximum atomic E-state index is 5.96. The summed E-state index contributed by atoms with van der Waals surface area (Å²) in [6.07, 6.45) is 5.38. The van der Waals surface area contributed by atoms with E-state index in [1.807, 2.05) is 61.8 Å². The van der Waals surface area contributed by atoms with Gasteiger partial charge in [0.2, 0.25) is 5.95 Å². The minimum Gasteiger partial charge on any atom is -0.330 e. The Morgan fingerprint density at radius 1 is 0.929 bits per heavy atom. The summed E-state index contributed by atoms with van der Waals surface area (Å²) in [6, 6.07) is 19.7. The molecule has 0 unspecified atom stereocenters. The molecule has 0 aliphatic rings. The van der Waals surface area contributed by atoms with Crippen molar-refractivity contribution in [1.82, 2.24) is 19.5 Å². The molecule has 6 heteroatoms. The van der Waals surface area contributed by atoms with Crippen molar-refractivity contribution in [3.8, 4) is 11.4 Å². The van der Waals surface area contributed by atoms with Gasteiger partial charge in [-0.2, -0.15) is 0 Å². The molecule has 0 saturated carbocycles. The van der Waals surface area contributed by atoms with Crippen LogP contribution < -0.4 is 5.32 Å². The van der Waals surface area contributed by atoms with Gasteiger partial charge in [-0.3, -0.25) is 0 Å². The number of halogens is 1. The average Bonchev–Trinajstić information content (AvgIpc) is 3.09. The standard InChI is InChI=1S/C22H20ClN5/c1-28-20(15-25-21(28)12-9-16-7-10-17(23)11-8-16)19-13-14-24-22(27-19)26-18-5-3-2-4-6-18/h2-8,10-11,13-15H,9,12H2,1H3,(H,24,26,27). The van der Waals surface area contributed by atoms with Crippen molar-refractivity contribution in [3.05, 3.63) is 89.5 Å². The fourth-order valence-corrected chi connectivity index (χ4v) is 3.16. The molecule has 2 aromatic heterocycles. The molecule has 2 heterocycles. The van der Waals surface area contributed by atoms with Crippen molar-refractivity contribution >= 4 is 23.2 Å². The third-order valence-electron chi connectivity index (χ3n) is 4.58. The Morgan fingerprint density at radius 3 is 2.50 bits per heavy atom. The summed E-state index contributed by atoms with van der Waals surface area (Å²) in [5, 5.41) is 3.99. The number of nitrogens with one attached hydrogen (secondary N) is 1. The number of nitrogens with zero attached hydrogens (tertiary/aromatic N) is 4. The molecule has 1 N–H and O–H groups in total. The average molecular weight is 390 g/mol. The van der Waals surface area contributed by atoms with Gasteiger partial charge in [0.25, 0.3) is 0 Å². The summed E-state index contributed by atoms with van der Waals surface area (Å²) in [4.78, 5) is 13.6. The Hall–Kier alpha value is -3.18. The molecular formula is C22H20ClN5. The zero-order valence-electron chi connectivity index (χ0n) is 15.5. The minimum atomic E-state index is 0.563. The highest BCUT2D eigenvalue weighted by molar-refractivity contribution is 6.30.